The Morgan fingerprint density at radius 3 is 2.83 bits per heavy atom. The number of aryl methyl sites for hydroxylation is 1. The number of hydrogen-bond donors (Lipinski definition) is 1. The molecule has 0 bridgehead atoms. The lowest BCUT2D eigenvalue weighted by molar-refractivity contribution is 0.0945. The molecule has 0 aliphatic rings. The van der Waals surface area contributed by atoms with Crippen molar-refractivity contribution in [1.82, 2.24) is 20.3 Å². The van der Waals surface area contributed by atoms with Gasteiger partial charge in [-0.25, -0.2) is 13.5 Å². The molecule has 1 N–H and O–H groups in total. The van der Waals surface area contributed by atoms with Crippen molar-refractivity contribution < 1.29 is 13.6 Å². The first-order chi connectivity index (χ1) is 11.5. The quantitative estimate of drug-likeness (QED) is 0.801. The highest BCUT2D eigenvalue weighted by atomic mass is 19.1. The predicted molar refractivity (Wildman–Crippen MR) is 83.6 cm³/mol. The highest BCUT2D eigenvalue weighted by molar-refractivity contribution is 5.91. The zero-order valence-corrected chi connectivity index (χ0v) is 12.8. The Hall–Kier alpha value is -3.09. The van der Waals surface area contributed by atoms with Gasteiger partial charge >= 0.3 is 0 Å². The third kappa shape index (κ3) is 3.45. The van der Waals surface area contributed by atoms with Gasteiger partial charge in [0.05, 0.1) is 11.9 Å². The molecule has 0 saturated carbocycles. The molecule has 1 amide bonds. The van der Waals surface area contributed by atoms with Crippen molar-refractivity contribution in [2.24, 2.45) is 0 Å². The van der Waals surface area contributed by atoms with Crippen molar-refractivity contribution in [3.8, 4) is 5.69 Å². The lowest BCUT2D eigenvalue weighted by atomic mass is 10.2. The van der Waals surface area contributed by atoms with E-state index in [4.69, 9.17) is 0 Å². The van der Waals surface area contributed by atoms with E-state index in [1.165, 1.54) is 10.9 Å². The monoisotopic (exact) mass is 328 g/mol. The number of aromatic nitrogens is 3. The highest BCUT2D eigenvalue weighted by Gasteiger charge is 2.12. The molecule has 122 valence electrons. The van der Waals surface area contributed by atoms with E-state index in [-0.39, 0.29) is 17.8 Å². The number of nitrogens with one attached hydrogen (secondary N) is 1. The second kappa shape index (κ2) is 6.57. The number of amides is 1. The van der Waals surface area contributed by atoms with Crippen LogP contribution in [0.1, 0.15) is 21.6 Å². The minimum absolute atomic E-state index is 0.0643. The molecule has 2 aromatic carbocycles. The Kier molecular flexibility index (Phi) is 4.33. The molecule has 0 aliphatic heterocycles. The lowest BCUT2D eigenvalue weighted by Crippen LogP contribution is -2.23. The van der Waals surface area contributed by atoms with Gasteiger partial charge in [-0.05, 0) is 42.8 Å². The summed E-state index contributed by atoms with van der Waals surface area (Å²) < 4.78 is 28.1. The van der Waals surface area contributed by atoms with Gasteiger partial charge in [-0.3, -0.25) is 4.79 Å². The zero-order valence-electron chi connectivity index (χ0n) is 12.8. The average Bonchev–Trinajstić information content (AvgIpc) is 3.05. The highest BCUT2D eigenvalue weighted by Crippen LogP contribution is 2.11. The van der Waals surface area contributed by atoms with Gasteiger partial charge in [0.15, 0.2) is 5.69 Å². The second-order valence-corrected chi connectivity index (χ2v) is 5.31. The molecule has 0 atom stereocenters. The molecule has 0 aliphatic carbocycles. The molecule has 0 saturated heterocycles. The van der Waals surface area contributed by atoms with Crippen LogP contribution in [0.4, 0.5) is 8.78 Å². The van der Waals surface area contributed by atoms with E-state index in [0.29, 0.717) is 0 Å². The molecule has 1 heterocycles. The van der Waals surface area contributed by atoms with E-state index in [9.17, 15) is 13.6 Å². The summed E-state index contributed by atoms with van der Waals surface area (Å²) in [6, 6.07) is 10.6. The fourth-order valence-electron chi connectivity index (χ4n) is 2.21. The molecule has 0 fully saturated rings. The Labute approximate surface area is 136 Å². The summed E-state index contributed by atoms with van der Waals surface area (Å²) in [6.07, 6.45) is 1.48. The van der Waals surface area contributed by atoms with Crippen molar-refractivity contribution in [1.29, 1.82) is 0 Å². The van der Waals surface area contributed by atoms with Crippen LogP contribution in [0.25, 0.3) is 5.69 Å². The fourth-order valence-corrected chi connectivity index (χ4v) is 2.21. The van der Waals surface area contributed by atoms with Gasteiger partial charge < -0.3 is 5.32 Å². The summed E-state index contributed by atoms with van der Waals surface area (Å²) in [4.78, 5) is 12.1. The first-order valence-electron chi connectivity index (χ1n) is 7.24. The Morgan fingerprint density at radius 1 is 1.21 bits per heavy atom. The van der Waals surface area contributed by atoms with E-state index in [0.717, 1.165) is 29.4 Å². The molecule has 0 unspecified atom stereocenters. The number of hydrogen-bond acceptors (Lipinski definition) is 3. The zero-order chi connectivity index (χ0) is 17.1. The maximum atomic E-state index is 13.5. The van der Waals surface area contributed by atoms with Crippen LogP contribution >= 0.6 is 0 Å². The molecule has 1 aromatic heterocycles. The molecule has 7 heteroatoms. The van der Waals surface area contributed by atoms with Crippen LogP contribution in [0, 0.1) is 18.6 Å². The molecule has 3 aromatic rings. The standard InChI is InChI=1S/C17H14F2N4O/c1-11-3-2-4-14(7-11)23-10-16(21-22-23)17(24)20-9-12-8-13(18)5-6-15(12)19/h2-8,10H,9H2,1H3,(H,20,24). The minimum Gasteiger partial charge on any atom is -0.346 e. The SMILES string of the molecule is Cc1cccc(-n2cc(C(=O)NCc3cc(F)ccc3F)nn2)c1. The van der Waals surface area contributed by atoms with E-state index in [2.05, 4.69) is 15.6 Å². The van der Waals surface area contributed by atoms with Gasteiger partial charge in [-0.2, -0.15) is 0 Å². The lowest BCUT2D eigenvalue weighted by Gasteiger charge is -2.04. The first kappa shape index (κ1) is 15.8. The number of halogens is 2. The van der Waals surface area contributed by atoms with Crippen molar-refractivity contribution >= 4 is 5.91 Å². The van der Waals surface area contributed by atoms with Crippen molar-refractivity contribution in [2.45, 2.75) is 13.5 Å². The molecule has 24 heavy (non-hydrogen) atoms. The average molecular weight is 328 g/mol. The molecule has 0 radical (unpaired) electrons. The van der Waals surface area contributed by atoms with Crippen molar-refractivity contribution in [3.63, 3.8) is 0 Å². The Morgan fingerprint density at radius 2 is 2.04 bits per heavy atom. The summed E-state index contributed by atoms with van der Waals surface area (Å²) in [5, 5.41) is 10.2. The van der Waals surface area contributed by atoms with Crippen molar-refractivity contribution in [3.05, 3.63) is 77.1 Å². The smallest absolute Gasteiger partial charge is 0.273 e. The number of carbonyl (C=O) groups excluding carboxylic acids is 1. The number of rotatable bonds is 4. The van der Waals surface area contributed by atoms with Crippen LogP contribution in [0.2, 0.25) is 0 Å². The van der Waals surface area contributed by atoms with Crippen LogP contribution in [0.3, 0.4) is 0 Å². The third-order valence-corrected chi connectivity index (χ3v) is 3.44. The summed E-state index contributed by atoms with van der Waals surface area (Å²) in [6.45, 7) is 1.81. The molecular weight excluding hydrogens is 314 g/mol. The van der Waals surface area contributed by atoms with E-state index in [1.54, 1.807) is 0 Å². The van der Waals surface area contributed by atoms with Crippen LogP contribution in [-0.2, 0) is 6.54 Å². The van der Waals surface area contributed by atoms with E-state index in [1.807, 2.05) is 31.2 Å². The van der Waals surface area contributed by atoms with Gasteiger partial charge in [-0.15, -0.1) is 5.10 Å². The maximum Gasteiger partial charge on any atom is 0.273 e. The van der Waals surface area contributed by atoms with Crippen LogP contribution in [0.15, 0.2) is 48.7 Å². The van der Waals surface area contributed by atoms with Gasteiger partial charge in [0.25, 0.3) is 5.91 Å². The maximum absolute atomic E-state index is 13.5. The summed E-state index contributed by atoms with van der Waals surface area (Å²) in [5.74, 6) is -1.66. The van der Waals surface area contributed by atoms with Crippen LogP contribution in [-0.4, -0.2) is 20.9 Å². The summed E-state index contributed by atoms with van der Waals surface area (Å²) in [7, 11) is 0. The number of nitrogens with zero attached hydrogens (tertiary/aromatic N) is 3. The van der Waals surface area contributed by atoms with Gasteiger partial charge in [-0.1, -0.05) is 17.3 Å². The van der Waals surface area contributed by atoms with Gasteiger partial charge in [0.2, 0.25) is 0 Å². The number of benzene rings is 2. The fraction of sp³-hybridized carbons (Fsp3) is 0.118. The minimum atomic E-state index is -0.583. The predicted octanol–water partition coefficient (Wildman–Crippen LogP) is 2.78. The second-order valence-electron chi connectivity index (χ2n) is 5.31. The third-order valence-electron chi connectivity index (χ3n) is 3.44. The normalized spacial score (nSPS) is 10.6. The molecule has 5 nitrogen and oxygen atoms in total. The number of carbonyl (C=O) groups is 1. The van der Waals surface area contributed by atoms with E-state index < -0.39 is 17.5 Å². The summed E-state index contributed by atoms with van der Waals surface area (Å²) >= 11 is 0. The van der Waals surface area contributed by atoms with Crippen molar-refractivity contribution in [2.75, 3.05) is 0 Å². The Bertz CT molecular complexity index is 892. The van der Waals surface area contributed by atoms with Gasteiger partial charge in [0, 0.05) is 12.1 Å². The largest absolute Gasteiger partial charge is 0.346 e. The van der Waals surface area contributed by atoms with Crippen LogP contribution in [0.5, 0.6) is 0 Å². The van der Waals surface area contributed by atoms with Crippen LogP contribution < -0.4 is 5.32 Å². The molecular formula is C17H14F2N4O. The molecule has 0 spiro atoms. The molecule has 3 rings (SSSR count). The Balaban J connectivity index is 1.71. The first-order valence-corrected chi connectivity index (χ1v) is 7.24. The van der Waals surface area contributed by atoms with Gasteiger partial charge in [0.1, 0.15) is 11.6 Å². The van der Waals surface area contributed by atoms with E-state index >= 15 is 0 Å². The summed E-state index contributed by atoms with van der Waals surface area (Å²) in [5.41, 5.74) is 1.98. The topological polar surface area (TPSA) is 59.8 Å².